The minimum Gasteiger partial charge on any atom is -0.324 e. The number of nitrogens with one attached hydrogen (secondary N) is 1. The number of hydrogen-bond acceptors (Lipinski definition) is 3. The summed E-state index contributed by atoms with van der Waals surface area (Å²) in [6, 6.07) is 10.1. The molecular weight excluding hydrogens is 310 g/mol. The van der Waals surface area contributed by atoms with E-state index in [4.69, 9.17) is 11.6 Å². The number of nitrogens with zero attached hydrogens (tertiary/aromatic N) is 2. The maximum absolute atomic E-state index is 12.0. The predicted molar refractivity (Wildman–Crippen MR) is 82.8 cm³/mol. The Morgan fingerprint density at radius 3 is 2.57 bits per heavy atom. The number of sulfonamides is 1. The Morgan fingerprint density at radius 1 is 1.24 bits per heavy atom. The maximum atomic E-state index is 12.0. The Hall–Kier alpha value is -1.37. The minimum absolute atomic E-state index is 0.116. The first-order valence-electron chi connectivity index (χ1n) is 6.71. The zero-order valence-corrected chi connectivity index (χ0v) is 13.4. The largest absolute Gasteiger partial charge is 0.324 e. The average Bonchev–Trinajstić information content (AvgIpc) is 2.80. The van der Waals surface area contributed by atoms with Crippen molar-refractivity contribution in [1.82, 2.24) is 14.3 Å². The second kappa shape index (κ2) is 7.06. The van der Waals surface area contributed by atoms with E-state index in [9.17, 15) is 8.42 Å². The van der Waals surface area contributed by atoms with E-state index in [0.717, 1.165) is 19.3 Å². The normalized spacial score (nSPS) is 11.7. The molecule has 0 aliphatic carbocycles. The van der Waals surface area contributed by atoms with Gasteiger partial charge in [0.25, 0.3) is 10.0 Å². The van der Waals surface area contributed by atoms with Gasteiger partial charge < -0.3 is 4.57 Å². The molecule has 0 spiro atoms. The van der Waals surface area contributed by atoms with Crippen LogP contribution in [0.2, 0.25) is 5.15 Å². The summed E-state index contributed by atoms with van der Waals surface area (Å²) in [5.74, 6) is 0. The van der Waals surface area contributed by atoms with Crippen LogP contribution >= 0.6 is 11.6 Å². The number of hydrogen-bond donors (Lipinski definition) is 1. The number of rotatable bonds is 7. The summed E-state index contributed by atoms with van der Waals surface area (Å²) in [6.45, 7) is 0.377. The molecule has 1 aromatic heterocycles. The number of aryl methyl sites for hydroxylation is 2. The standard InChI is InChI=1S/C14H18ClN3O2S/c1-18-11-16-14(13(18)15)21(19,20)17-10-6-5-9-12-7-3-2-4-8-12/h2-4,7-8,11,17H,5-6,9-10H2,1H3. The van der Waals surface area contributed by atoms with E-state index in [-0.39, 0.29) is 10.2 Å². The first-order valence-corrected chi connectivity index (χ1v) is 8.57. The van der Waals surface area contributed by atoms with Crippen LogP contribution in [-0.2, 0) is 23.5 Å². The predicted octanol–water partition coefficient (Wildman–Crippen LogP) is 2.37. The summed E-state index contributed by atoms with van der Waals surface area (Å²) in [4.78, 5) is 3.81. The quantitative estimate of drug-likeness (QED) is 0.794. The smallest absolute Gasteiger partial charge is 0.261 e. The van der Waals surface area contributed by atoms with Crippen molar-refractivity contribution in [2.45, 2.75) is 24.3 Å². The number of unbranched alkanes of at least 4 members (excludes halogenated alkanes) is 1. The summed E-state index contributed by atoms with van der Waals surface area (Å²) in [5, 5.41) is 0.00140. The van der Waals surface area contributed by atoms with Crippen LogP contribution in [0.1, 0.15) is 18.4 Å². The Labute approximate surface area is 130 Å². The van der Waals surface area contributed by atoms with Gasteiger partial charge >= 0.3 is 0 Å². The molecule has 0 radical (unpaired) electrons. The number of halogens is 1. The monoisotopic (exact) mass is 327 g/mol. The zero-order valence-electron chi connectivity index (χ0n) is 11.8. The van der Waals surface area contributed by atoms with Gasteiger partial charge in [-0.1, -0.05) is 41.9 Å². The molecule has 2 rings (SSSR count). The van der Waals surface area contributed by atoms with Gasteiger partial charge in [0, 0.05) is 13.6 Å². The van der Waals surface area contributed by atoms with Gasteiger partial charge in [-0.25, -0.2) is 18.1 Å². The van der Waals surface area contributed by atoms with Crippen LogP contribution in [0.15, 0.2) is 41.7 Å². The molecular formula is C14H18ClN3O2S. The lowest BCUT2D eigenvalue weighted by Crippen LogP contribution is -2.25. The van der Waals surface area contributed by atoms with Crippen LogP contribution in [0.4, 0.5) is 0 Å². The van der Waals surface area contributed by atoms with Crippen molar-refractivity contribution < 1.29 is 8.42 Å². The molecule has 2 aromatic rings. The Balaban J connectivity index is 1.79. The molecule has 1 heterocycles. The molecule has 0 unspecified atom stereocenters. The molecule has 0 aliphatic heterocycles. The van der Waals surface area contributed by atoms with E-state index in [1.807, 2.05) is 18.2 Å². The van der Waals surface area contributed by atoms with Gasteiger partial charge in [-0.15, -0.1) is 0 Å². The highest BCUT2D eigenvalue weighted by Gasteiger charge is 2.21. The molecule has 0 fully saturated rings. The third-order valence-corrected chi connectivity index (χ3v) is 5.07. The van der Waals surface area contributed by atoms with Gasteiger partial charge in [0.1, 0.15) is 5.15 Å². The molecule has 5 nitrogen and oxygen atoms in total. The van der Waals surface area contributed by atoms with Crippen molar-refractivity contribution in [2.24, 2.45) is 7.05 Å². The fraction of sp³-hybridized carbons (Fsp3) is 0.357. The highest BCUT2D eigenvalue weighted by molar-refractivity contribution is 7.89. The van der Waals surface area contributed by atoms with Gasteiger partial charge in [-0.3, -0.25) is 0 Å². The number of aromatic nitrogens is 2. The van der Waals surface area contributed by atoms with E-state index in [1.165, 1.54) is 16.5 Å². The summed E-state index contributed by atoms with van der Waals surface area (Å²) in [5.41, 5.74) is 1.26. The highest BCUT2D eigenvalue weighted by Crippen LogP contribution is 2.18. The fourth-order valence-corrected chi connectivity index (χ4v) is 3.45. The van der Waals surface area contributed by atoms with Crippen molar-refractivity contribution in [3.05, 3.63) is 47.4 Å². The van der Waals surface area contributed by atoms with Gasteiger partial charge in [-0.05, 0) is 24.8 Å². The average molecular weight is 328 g/mol. The second-order valence-electron chi connectivity index (χ2n) is 4.79. The van der Waals surface area contributed by atoms with Crippen molar-refractivity contribution >= 4 is 21.6 Å². The van der Waals surface area contributed by atoms with Crippen LogP contribution in [0.5, 0.6) is 0 Å². The third-order valence-electron chi connectivity index (χ3n) is 3.12. The van der Waals surface area contributed by atoms with E-state index < -0.39 is 10.0 Å². The van der Waals surface area contributed by atoms with Crippen molar-refractivity contribution in [3.63, 3.8) is 0 Å². The third kappa shape index (κ3) is 4.30. The van der Waals surface area contributed by atoms with Crippen LogP contribution in [0.3, 0.4) is 0 Å². The summed E-state index contributed by atoms with van der Waals surface area (Å²) in [7, 11) is -1.98. The summed E-state index contributed by atoms with van der Waals surface area (Å²) < 4.78 is 28.0. The van der Waals surface area contributed by atoms with Crippen molar-refractivity contribution in [3.8, 4) is 0 Å². The molecule has 0 saturated heterocycles. The second-order valence-corrected chi connectivity index (χ2v) is 6.83. The van der Waals surface area contributed by atoms with E-state index >= 15 is 0 Å². The van der Waals surface area contributed by atoms with Gasteiger partial charge in [-0.2, -0.15) is 0 Å². The highest BCUT2D eigenvalue weighted by atomic mass is 35.5. The van der Waals surface area contributed by atoms with Crippen molar-refractivity contribution in [1.29, 1.82) is 0 Å². The molecule has 0 atom stereocenters. The molecule has 7 heteroatoms. The van der Waals surface area contributed by atoms with Crippen molar-refractivity contribution in [2.75, 3.05) is 6.54 Å². The van der Waals surface area contributed by atoms with Crippen LogP contribution in [-0.4, -0.2) is 24.5 Å². The lowest BCUT2D eigenvalue weighted by Gasteiger charge is -2.05. The Kier molecular flexibility index (Phi) is 5.39. The van der Waals surface area contributed by atoms with E-state index in [0.29, 0.717) is 6.54 Å². The van der Waals surface area contributed by atoms with Crippen LogP contribution in [0, 0.1) is 0 Å². The lowest BCUT2D eigenvalue weighted by atomic mass is 10.1. The van der Waals surface area contributed by atoms with Crippen LogP contribution < -0.4 is 4.72 Å². The Morgan fingerprint density at radius 2 is 1.95 bits per heavy atom. The summed E-state index contributed by atoms with van der Waals surface area (Å²) in [6.07, 6.45) is 4.00. The molecule has 1 aromatic carbocycles. The molecule has 0 aliphatic rings. The molecule has 21 heavy (non-hydrogen) atoms. The topological polar surface area (TPSA) is 64.0 Å². The van der Waals surface area contributed by atoms with Gasteiger partial charge in [0.2, 0.25) is 5.03 Å². The molecule has 0 amide bonds. The maximum Gasteiger partial charge on any atom is 0.261 e. The van der Waals surface area contributed by atoms with Gasteiger partial charge in [0.05, 0.1) is 6.33 Å². The Bertz CT molecular complexity index is 683. The zero-order chi connectivity index (χ0) is 15.3. The molecule has 0 saturated carbocycles. The lowest BCUT2D eigenvalue weighted by molar-refractivity contribution is 0.573. The molecule has 0 bridgehead atoms. The SMILES string of the molecule is Cn1cnc(S(=O)(=O)NCCCCc2ccccc2)c1Cl. The first-order chi connectivity index (χ1) is 10.0. The number of benzene rings is 1. The molecule has 114 valence electrons. The van der Waals surface area contributed by atoms with Crippen LogP contribution in [0.25, 0.3) is 0 Å². The molecule has 1 N–H and O–H groups in total. The number of imidazole rings is 1. The van der Waals surface area contributed by atoms with Gasteiger partial charge in [0.15, 0.2) is 0 Å². The first kappa shape index (κ1) is 16.0. The fourth-order valence-electron chi connectivity index (χ4n) is 1.95. The summed E-state index contributed by atoms with van der Waals surface area (Å²) >= 11 is 5.89. The van der Waals surface area contributed by atoms with E-state index in [1.54, 1.807) is 7.05 Å². The minimum atomic E-state index is -3.63. The van der Waals surface area contributed by atoms with E-state index in [2.05, 4.69) is 21.8 Å².